The minimum atomic E-state index is -0.229. The average molecular weight is 196 g/mol. The van der Waals surface area contributed by atoms with E-state index in [1.807, 2.05) is 0 Å². The number of fused-ring (bicyclic) bond motifs is 5. The fourth-order valence-electron chi connectivity index (χ4n) is 3.72. The molecular weight excluding hydrogens is 180 g/mol. The Morgan fingerprint density at radius 2 is 2.14 bits per heavy atom. The van der Waals surface area contributed by atoms with Crippen molar-refractivity contribution in [2.24, 2.45) is 23.7 Å². The molecule has 3 heteroatoms. The number of ether oxygens (including phenoxy) is 2. The van der Waals surface area contributed by atoms with E-state index in [0.29, 0.717) is 11.8 Å². The summed E-state index contributed by atoms with van der Waals surface area (Å²) in [7, 11) is 0. The van der Waals surface area contributed by atoms with Gasteiger partial charge in [0, 0.05) is 12.8 Å². The second-order valence-electron chi connectivity index (χ2n) is 4.89. The van der Waals surface area contributed by atoms with Crippen LogP contribution < -0.4 is 0 Å². The smallest absolute Gasteiger partial charge is 0.304 e. The summed E-state index contributed by atoms with van der Waals surface area (Å²) >= 11 is 0. The maximum Gasteiger partial charge on any atom is 0.304 e. The Morgan fingerprint density at radius 3 is 2.93 bits per heavy atom. The number of carbonyl (C=O) groups excluding carboxylic acids is 1. The summed E-state index contributed by atoms with van der Waals surface area (Å²) in [6.45, 7) is 2.27. The van der Waals surface area contributed by atoms with Gasteiger partial charge in [-0.25, -0.2) is 0 Å². The van der Waals surface area contributed by atoms with Gasteiger partial charge in [-0.1, -0.05) is 0 Å². The first-order valence-corrected chi connectivity index (χ1v) is 5.54. The van der Waals surface area contributed by atoms with E-state index < -0.39 is 0 Å². The Labute approximate surface area is 83.8 Å². The van der Waals surface area contributed by atoms with Crippen molar-refractivity contribution in [2.75, 3.05) is 6.61 Å². The fraction of sp³-hybridized carbons (Fsp3) is 0.909. The molecule has 2 aliphatic carbocycles. The van der Waals surface area contributed by atoms with Crippen LogP contribution in [0.15, 0.2) is 0 Å². The molecule has 0 amide bonds. The summed E-state index contributed by atoms with van der Waals surface area (Å²) in [6, 6.07) is 0. The molecule has 0 aromatic carbocycles. The molecule has 14 heavy (non-hydrogen) atoms. The molecule has 0 aromatic heterocycles. The molecule has 0 aromatic rings. The Balaban J connectivity index is 1.75. The lowest BCUT2D eigenvalue weighted by Crippen LogP contribution is -2.29. The van der Waals surface area contributed by atoms with Crippen molar-refractivity contribution < 1.29 is 14.3 Å². The summed E-state index contributed by atoms with van der Waals surface area (Å²) in [5.41, 5.74) is 0. The minimum Gasteiger partial charge on any atom is -0.436 e. The van der Waals surface area contributed by atoms with Crippen molar-refractivity contribution in [1.82, 2.24) is 0 Å². The highest BCUT2D eigenvalue weighted by Gasteiger charge is 2.55. The Kier molecular flexibility index (Phi) is 1.84. The molecule has 2 saturated carbocycles. The van der Waals surface area contributed by atoms with Gasteiger partial charge in [-0.3, -0.25) is 4.79 Å². The average Bonchev–Trinajstić information content (AvgIpc) is 2.74. The predicted octanol–water partition coefficient (Wildman–Crippen LogP) is 1.57. The zero-order chi connectivity index (χ0) is 9.71. The molecule has 3 aliphatic rings. The van der Waals surface area contributed by atoms with E-state index in [1.165, 1.54) is 26.2 Å². The van der Waals surface area contributed by atoms with Crippen molar-refractivity contribution in [3.63, 3.8) is 0 Å². The molecular formula is C11H16O3. The zero-order valence-electron chi connectivity index (χ0n) is 8.44. The maximum atomic E-state index is 10.9. The third kappa shape index (κ3) is 1.11. The highest BCUT2D eigenvalue weighted by molar-refractivity contribution is 5.66. The predicted molar refractivity (Wildman–Crippen MR) is 49.3 cm³/mol. The molecule has 0 radical (unpaired) electrons. The highest BCUT2D eigenvalue weighted by Crippen LogP contribution is 2.56. The first-order chi connectivity index (χ1) is 6.75. The van der Waals surface area contributed by atoms with Gasteiger partial charge in [-0.2, -0.15) is 0 Å². The summed E-state index contributed by atoms with van der Waals surface area (Å²) in [5, 5.41) is 0. The van der Waals surface area contributed by atoms with E-state index in [9.17, 15) is 4.79 Å². The lowest BCUT2D eigenvalue weighted by Gasteiger charge is -2.25. The van der Waals surface area contributed by atoms with Crippen LogP contribution in [0.1, 0.15) is 26.2 Å². The first-order valence-electron chi connectivity index (χ1n) is 5.54. The third-order valence-corrected chi connectivity index (χ3v) is 4.21. The molecule has 1 heterocycles. The first kappa shape index (κ1) is 8.72. The Bertz CT molecular complexity index is 263. The van der Waals surface area contributed by atoms with E-state index in [-0.39, 0.29) is 12.3 Å². The van der Waals surface area contributed by atoms with Crippen LogP contribution in [-0.4, -0.2) is 18.9 Å². The Hall–Kier alpha value is -0.570. The van der Waals surface area contributed by atoms with E-state index in [1.54, 1.807) is 0 Å². The molecule has 5 atom stereocenters. The summed E-state index contributed by atoms with van der Waals surface area (Å²) in [5.74, 6) is 2.59. The molecule has 1 saturated heterocycles. The van der Waals surface area contributed by atoms with Crippen molar-refractivity contribution in [2.45, 2.75) is 32.5 Å². The summed E-state index contributed by atoms with van der Waals surface area (Å²) in [4.78, 5) is 10.9. The molecule has 2 bridgehead atoms. The van der Waals surface area contributed by atoms with Crippen LogP contribution in [0, 0.1) is 23.7 Å². The van der Waals surface area contributed by atoms with Gasteiger partial charge in [0.15, 0.2) is 0 Å². The number of hydrogen-bond donors (Lipinski definition) is 0. The van der Waals surface area contributed by atoms with Gasteiger partial charge >= 0.3 is 5.97 Å². The molecule has 78 valence electrons. The normalized spacial score (nSPS) is 49.4. The lowest BCUT2D eigenvalue weighted by molar-refractivity contribution is -0.175. The van der Waals surface area contributed by atoms with Crippen LogP contribution in [-0.2, 0) is 14.3 Å². The molecule has 3 fully saturated rings. The number of esters is 1. The van der Waals surface area contributed by atoms with Gasteiger partial charge in [0.05, 0.1) is 6.61 Å². The van der Waals surface area contributed by atoms with Crippen molar-refractivity contribution in [3.05, 3.63) is 0 Å². The molecule has 3 rings (SSSR count). The molecule has 0 N–H and O–H groups in total. The van der Waals surface area contributed by atoms with E-state index in [2.05, 4.69) is 0 Å². The zero-order valence-corrected chi connectivity index (χ0v) is 8.44. The van der Waals surface area contributed by atoms with E-state index in [4.69, 9.17) is 9.47 Å². The topological polar surface area (TPSA) is 35.5 Å². The van der Waals surface area contributed by atoms with Crippen LogP contribution in [0.5, 0.6) is 0 Å². The molecule has 0 spiro atoms. The van der Waals surface area contributed by atoms with Crippen molar-refractivity contribution >= 4 is 5.97 Å². The number of carbonyl (C=O) groups is 1. The van der Waals surface area contributed by atoms with Gasteiger partial charge in [-0.05, 0) is 37.0 Å². The van der Waals surface area contributed by atoms with Crippen LogP contribution in [0.2, 0.25) is 0 Å². The fourth-order valence-corrected chi connectivity index (χ4v) is 3.72. The summed E-state index contributed by atoms with van der Waals surface area (Å²) in [6.07, 6.45) is 3.79. The van der Waals surface area contributed by atoms with Gasteiger partial charge < -0.3 is 9.47 Å². The van der Waals surface area contributed by atoms with Crippen LogP contribution in [0.3, 0.4) is 0 Å². The SMILES string of the molecule is CC(=O)OC1OCC2C3CC[C@@H](C3)C12. The van der Waals surface area contributed by atoms with Crippen LogP contribution in [0.25, 0.3) is 0 Å². The van der Waals surface area contributed by atoms with Gasteiger partial charge in [-0.15, -0.1) is 0 Å². The minimum absolute atomic E-state index is 0.210. The summed E-state index contributed by atoms with van der Waals surface area (Å²) < 4.78 is 10.8. The maximum absolute atomic E-state index is 10.9. The molecule has 4 unspecified atom stereocenters. The van der Waals surface area contributed by atoms with Gasteiger partial charge in [0.25, 0.3) is 0 Å². The van der Waals surface area contributed by atoms with Gasteiger partial charge in [0.1, 0.15) is 0 Å². The van der Waals surface area contributed by atoms with Crippen LogP contribution >= 0.6 is 0 Å². The Morgan fingerprint density at radius 1 is 1.36 bits per heavy atom. The number of hydrogen-bond acceptors (Lipinski definition) is 3. The standard InChI is InChI=1S/C11H16O3/c1-6(12)14-11-10-8-3-2-7(4-8)9(10)5-13-11/h7-11H,2-5H2,1H3/t7?,8-,9?,10?,11?/m0/s1. The van der Waals surface area contributed by atoms with E-state index >= 15 is 0 Å². The molecule has 3 nitrogen and oxygen atoms in total. The van der Waals surface area contributed by atoms with E-state index in [0.717, 1.165) is 18.4 Å². The second kappa shape index (κ2) is 2.96. The number of rotatable bonds is 1. The second-order valence-corrected chi connectivity index (χ2v) is 4.89. The third-order valence-electron chi connectivity index (χ3n) is 4.21. The highest BCUT2D eigenvalue weighted by atomic mass is 16.7. The quantitative estimate of drug-likeness (QED) is 0.597. The largest absolute Gasteiger partial charge is 0.436 e. The van der Waals surface area contributed by atoms with Crippen molar-refractivity contribution in [1.29, 1.82) is 0 Å². The monoisotopic (exact) mass is 196 g/mol. The lowest BCUT2D eigenvalue weighted by atomic mass is 9.81. The molecule has 1 aliphatic heterocycles. The van der Waals surface area contributed by atoms with Crippen LogP contribution in [0.4, 0.5) is 0 Å². The van der Waals surface area contributed by atoms with Gasteiger partial charge in [0.2, 0.25) is 6.29 Å². The van der Waals surface area contributed by atoms with Crippen molar-refractivity contribution in [3.8, 4) is 0 Å².